The van der Waals surface area contributed by atoms with Gasteiger partial charge in [-0.15, -0.1) is 0 Å². The normalized spacial score (nSPS) is 12.1. The fraction of sp³-hybridized carbons (Fsp3) is 0. The molecule has 182 valence electrons. The van der Waals surface area contributed by atoms with Gasteiger partial charge in [0.15, 0.2) is 0 Å². The lowest BCUT2D eigenvalue weighted by atomic mass is 10.0. The molecule has 0 aliphatic heterocycles. The highest BCUT2D eigenvalue weighted by atomic mass is 16.3. The molecule has 0 atom stereocenters. The molecule has 0 aliphatic rings. The zero-order chi connectivity index (χ0) is 25.5. The van der Waals surface area contributed by atoms with E-state index < -0.39 is 0 Å². The van der Waals surface area contributed by atoms with Crippen molar-refractivity contribution in [3.63, 3.8) is 0 Å². The highest BCUT2D eigenvalue weighted by Crippen LogP contribution is 2.46. The quantitative estimate of drug-likeness (QED) is 0.233. The minimum atomic E-state index is 0.916. The van der Waals surface area contributed by atoms with Crippen LogP contribution in [0.15, 0.2) is 138 Å². The maximum Gasteiger partial charge on any atom is 0.136 e. The molecule has 3 heteroatoms. The van der Waals surface area contributed by atoms with Gasteiger partial charge < -0.3 is 13.6 Å². The summed E-state index contributed by atoms with van der Waals surface area (Å²) in [6.45, 7) is 0. The summed E-state index contributed by atoms with van der Waals surface area (Å²) in [7, 11) is 0. The average Bonchev–Trinajstić information content (AvgIpc) is 3.65. The first-order chi connectivity index (χ1) is 19.4. The monoisotopic (exact) mass is 498 g/mol. The number of aromatic nitrogens is 2. The standard InChI is InChI=1S/C36H22N2O/c1-3-11-23(12-4-1)37-27-17-9-7-15-25(27)33-28(37)19-20-29-35(33)36-30(38(29)24-13-5-2-6-14-24)21-22-32-34(36)26-16-8-10-18-31(26)39-32/h1-22H. The molecule has 0 amide bonds. The van der Waals surface area contributed by atoms with E-state index in [0.717, 1.165) is 27.9 Å². The third-order valence-corrected chi connectivity index (χ3v) is 8.10. The molecule has 0 saturated heterocycles. The van der Waals surface area contributed by atoms with Crippen LogP contribution in [0.25, 0.3) is 76.9 Å². The molecule has 0 N–H and O–H groups in total. The van der Waals surface area contributed by atoms with E-state index in [4.69, 9.17) is 4.42 Å². The van der Waals surface area contributed by atoms with Crippen molar-refractivity contribution in [3.8, 4) is 11.4 Å². The van der Waals surface area contributed by atoms with E-state index in [0.29, 0.717) is 0 Å². The molecular formula is C36H22N2O. The van der Waals surface area contributed by atoms with Gasteiger partial charge in [0.1, 0.15) is 11.2 Å². The fourth-order valence-electron chi connectivity index (χ4n) is 6.57. The first-order valence-corrected chi connectivity index (χ1v) is 13.3. The molecule has 9 rings (SSSR count). The first-order valence-electron chi connectivity index (χ1n) is 13.3. The van der Waals surface area contributed by atoms with Crippen LogP contribution in [0.2, 0.25) is 0 Å². The molecule has 3 heterocycles. The molecular weight excluding hydrogens is 476 g/mol. The molecule has 0 radical (unpaired) electrons. The fourth-order valence-corrected chi connectivity index (χ4v) is 6.57. The van der Waals surface area contributed by atoms with Gasteiger partial charge in [0.25, 0.3) is 0 Å². The number of hydrogen-bond acceptors (Lipinski definition) is 1. The molecule has 0 aliphatic carbocycles. The predicted molar refractivity (Wildman–Crippen MR) is 162 cm³/mol. The number of nitrogens with zero attached hydrogens (tertiary/aromatic N) is 2. The Morgan fingerprint density at radius 1 is 0.333 bits per heavy atom. The van der Waals surface area contributed by atoms with Gasteiger partial charge in [0.2, 0.25) is 0 Å². The molecule has 0 saturated carbocycles. The van der Waals surface area contributed by atoms with Crippen LogP contribution in [0, 0.1) is 0 Å². The molecule has 39 heavy (non-hydrogen) atoms. The van der Waals surface area contributed by atoms with Gasteiger partial charge in [-0.1, -0.05) is 72.8 Å². The Hall–Kier alpha value is -5.28. The molecule has 0 bridgehead atoms. The smallest absolute Gasteiger partial charge is 0.136 e. The summed E-state index contributed by atoms with van der Waals surface area (Å²) in [5, 5.41) is 7.33. The van der Waals surface area contributed by atoms with Gasteiger partial charge in [-0.3, -0.25) is 0 Å². The Balaban J connectivity index is 1.61. The van der Waals surface area contributed by atoms with Gasteiger partial charge in [-0.05, 0) is 60.7 Å². The van der Waals surface area contributed by atoms with E-state index in [1.807, 2.05) is 6.07 Å². The molecule has 0 spiro atoms. The molecule has 0 unspecified atom stereocenters. The number of fused-ring (bicyclic) bond motifs is 11. The van der Waals surface area contributed by atoms with Crippen molar-refractivity contribution in [2.75, 3.05) is 0 Å². The van der Waals surface area contributed by atoms with E-state index in [9.17, 15) is 0 Å². The molecule has 0 fully saturated rings. The summed E-state index contributed by atoms with van der Waals surface area (Å²) in [4.78, 5) is 0. The maximum absolute atomic E-state index is 6.38. The van der Waals surface area contributed by atoms with Crippen LogP contribution < -0.4 is 0 Å². The maximum atomic E-state index is 6.38. The average molecular weight is 499 g/mol. The Bertz CT molecular complexity index is 2370. The van der Waals surface area contributed by atoms with Crippen LogP contribution in [0.3, 0.4) is 0 Å². The van der Waals surface area contributed by atoms with Crippen molar-refractivity contribution in [1.82, 2.24) is 9.13 Å². The minimum absolute atomic E-state index is 0.916. The van der Waals surface area contributed by atoms with Crippen LogP contribution >= 0.6 is 0 Å². The number of rotatable bonds is 2. The SMILES string of the molecule is c1ccc(-n2c3ccccc3c3c4c5c6c(ccc5n(-c5ccccc5)c4ccc32)oc2ccccc26)cc1. The van der Waals surface area contributed by atoms with Crippen molar-refractivity contribution >= 4 is 65.6 Å². The lowest BCUT2D eigenvalue weighted by molar-refractivity contribution is 0.669. The van der Waals surface area contributed by atoms with E-state index in [-0.39, 0.29) is 0 Å². The number of furan rings is 1. The van der Waals surface area contributed by atoms with E-state index >= 15 is 0 Å². The number of benzene rings is 6. The summed E-state index contributed by atoms with van der Waals surface area (Å²) in [6, 6.07) is 47.4. The van der Waals surface area contributed by atoms with E-state index in [1.54, 1.807) is 0 Å². The van der Waals surface area contributed by atoms with Gasteiger partial charge in [-0.2, -0.15) is 0 Å². The summed E-state index contributed by atoms with van der Waals surface area (Å²) in [6.07, 6.45) is 0. The van der Waals surface area contributed by atoms with E-state index in [2.05, 4.69) is 137 Å². The highest BCUT2D eigenvalue weighted by Gasteiger charge is 2.23. The predicted octanol–water partition coefficient (Wildman–Crippen LogP) is 9.78. The van der Waals surface area contributed by atoms with Gasteiger partial charge in [0.05, 0.1) is 22.1 Å². The number of para-hydroxylation sites is 4. The van der Waals surface area contributed by atoms with E-state index in [1.165, 1.54) is 49.0 Å². The molecule has 3 nitrogen and oxygen atoms in total. The van der Waals surface area contributed by atoms with Crippen LogP contribution in [-0.4, -0.2) is 9.13 Å². The van der Waals surface area contributed by atoms with Gasteiger partial charge >= 0.3 is 0 Å². The van der Waals surface area contributed by atoms with Crippen LogP contribution in [0.4, 0.5) is 0 Å². The zero-order valence-corrected chi connectivity index (χ0v) is 21.0. The Labute approximate surface area is 223 Å². The minimum Gasteiger partial charge on any atom is -0.456 e. The van der Waals surface area contributed by atoms with Crippen molar-refractivity contribution in [3.05, 3.63) is 133 Å². The topological polar surface area (TPSA) is 23.0 Å². The second-order valence-corrected chi connectivity index (χ2v) is 10.1. The molecule has 3 aromatic heterocycles. The first kappa shape index (κ1) is 20.7. The highest BCUT2D eigenvalue weighted by molar-refractivity contribution is 6.35. The third kappa shape index (κ3) is 2.71. The summed E-state index contributed by atoms with van der Waals surface area (Å²) in [5.74, 6) is 0. The third-order valence-electron chi connectivity index (χ3n) is 8.10. The van der Waals surface area contributed by atoms with Crippen LogP contribution in [-0.2, 0) is 0 Å². The Morgan fingerprint density at radius 2 is 0.846 bits per heavy atom. The Kier molecular flexibility index (Phi) is 4.05. The lowest BCUT2D eigenvalue weighted by Gasteiger charge is -2.09. The van der Waals surface area contributed by atoms with Crippen molar-refractivity contribution < 1.29 is 4.42 Å². The van der Waals surface area contributed by atoms with Crippen molar-refractivity contribution in [1.29, 1.82) is 0 Å². The number of hydrogen-bond donors (Lipinski definition) is 0. The second kappa shape index (κ2) is 7.62. The summed E-state index contributed by atoms with van der Waals surface area (Å²) < 4.78 is 11.2. The second-order valence-electron chi connectivity index (χ2n) is 10.1. The van der Waals surface area contributed by atoms with Crippen molar-refractivity contribution in [2.24, 2.45) is 0 Å². The van der Waals surface area contributed by atoms with Gasteiger partial charge in [0, 0.05) is 43.7 Å². The molecule has 9 aromatic rings. The van der Waals surface area contributed by atoms with Crippen LogP contribution in [0.5, 0.6) is 0 Å². The zero-order valence-electron chi connectivity index (χ0n) is 21.0. The Morgan fingerprint density at radius 3 is 1.56 bits per heavy atom. The lowest BCUT2D eigenvalue weighted by Crippen LogP contribution is -1.94. The largest absolute Gasteiger partial charge is 0.456 e. The van der Waals surface area contributed by atoms with Gasteiger partial charge in [-0.25, -0.2) is 0 Å². The summed E-state index contributed by atoms with van der Waals surface area (Å²) in [5.41, 5.74) is 8.92. The van der Waals surface area contributed by atoms with Crippen molar-refractivity contribution in [2.45, 2.75) is 0 Å². The summed E-state index contributed by atoms with van der Waals surface area (Å²) >= 11 is 0. The molecule has 6 aromatic carbocycles. The van der Waals surface area contributed by atoms with Crippen LogP contribution in [0.1, 0.15) is 0 Å².